The van der Waals surface area contributed by atoms with E-state index < -0.39 is 0 Å². The molecule has 0 heterocycles. The molecule has 1 aromatic carbocycles. The topological polar surface area (TPSA) is 20.2 Å². The molecule has 1 fully saturated rings. The van der Waals surface area contributed by atoms with Gasteiger partial charge in [0.1, 0.15) is 0 Å². The van der Waals surface area contributed by atoms with Crippen molar-refractivity contribution < 1.29 is 5.11 Å². The van der Waals surface area contributed by atoms with Gasteiger partial charge in [0.2, 0.25) is 0 Å². The highest BCUT2D eigenvalue weighted by Crippen LogP contribution is 2.54. The maximum absolute atomic E-state index is 9.50. The van der Waals surface area contributed by atoms with Crippen molar-refractivity contribution in [3.8, 4) is 0 Å². The van der Waals surface area contributed by atoms with Crippen LogP contribution in [0.4, 0.5) is 0 Å². The standard InChI is InChI=1S/C13H18O/c1-9-4-5-10(2)12(6-9)13(8-14)7-11(13)3/h4-6,11,14H,7-8H2,1-3H3. The molecular weight excluding hydrogens is 172 g/mol. The average Bonchev–Trinajstić information content (AvgIpc) is 2.82. The number of aliphatic hydroxyl groups excluding tert-OH is 1. The van der Waals surface area contributed by atoms with E-state index in [1.807, 2.05) is 0 Å². The lowest BCUT2D eigenvalue weighted by Gasteiger charge is -2.17. The van der Waals surface area contributed by atoms with Crippen molar-refractivity contribution in [3.05, 3.63) is 34.9 Å². The maximum Gasteiger partial charge on any atom is 0.0530 e. The van der Waals surface area contributed by atoms with E-state index in [9.17, 15) is 5.11 Å². The van der Waals surface area contributed by atoms with E-state index in [4.69, 9.17) is 0 Å². The average molecular weight is 190 g/mol. The largest absolute Gasteiger partial charge is 0.395 e. The van der Waals surface area contributed by atoms with Gasteiger partial charge in [-0.05, 0) is 37.3 Å². The lowest BCUT2D eigenvalue weighted by Crippen LogP contribution is -2.16. The van der Waals surface area contributed by atoms with Crippen molar-refractivity contribution in [2.75, 3.05) is 6.61 Å². The Morgan fingerprint density at radius 2 is 2.07 bits per heavy atom. The van der Waals surface area contributed by atoms with E-state index >= 15 is 0 Å². The zero-order valence-corrected chi connectivity index (χ0v) is 9.17. The van der Waals surface area contributed by atoms with Crippen molar-refractivity contribution in [1.29, 1.82) is 0 Å². The fourth-order valence-electron chi connectivity index (χ4n) is 2.44. The van der Waals surface area contributed by atoms with Crippen LogP contribution in [0.25, 0.3) is 0 Å². The molecule has 0 amide bonds. The molecule has 1 aliphatic carbocycles. The van der Waals surface area contributed by atoms with Crippen LogP contribution in [-0.2, 0) is 5.41 Å². The van der Waals surface area contributed by atoms with E-state index in [0.29, 0.717) is 12.5 Å². The fourth-order valence-corrected chi connectivity index (χ4v) is 2.44. The molecule has 1 nitrogen and oxygen atoms in total. The molecule has 0 aliphatic heterocycles. The highest BCUT2D eigenvalue weighted by Gasteiger charge is 2.52. The first-order valence-corrected chi connectivity index (χ1v) is 5.29. The fraction of sp³-hybridized carbons (Fsp3) is 0.538. The van der Waals surface area contributed by atoms with Gasteiger partial charge in [0, 0.05) is 5.41 Å². The van der Waals surface area contributed by atoms with Gasteiger partial charge >= 0.3 is 0 Å². The molecule has 1 aliphatic rings. The van der Waals surface area contributed by atoms with E-state index in [1.54, 1.807) is 0 Å². The normalized spacial score (nSPS) is 30.4. The minimum Gasteiger partial charge on any atom is -0.395 e. The molecule has 1 saturated carbocycles. The summed E-state index contributed by atoms with van der Waals surface area (Å²) in [6.07, 6.45) is 1.13. The van der Waals surface area contributed by atoms with Crippen molar-refractivity contribution in [2.45, 2.75) is 32.6 Å². The Bertz CT molecular complexity index is 352. The number of benzene rings is 1. The van der Waals surface area contributed by atoms with Crippen LogP contribution >= 0.6 is 0 Å². The zero-order valence-electron chi connectivity index (χ0n) is 9.17. The number of rotatable bonds is 2. The molecule has 0 bridgehead atoms. The van der Waals surface area contributed by atoms with Gasteiger partial charge in [-0.1, -0.05) is 30.7 Å². The van der Waals surface area contributed by atoms with Crippen molar-refractivity contribution in [3.63, 3.8) is 0 Å². The minimum absolute atomic E-state index is 0.0795. The highest BCUT2D eigenvalue weighted by atomic mass is 16.3. The van der Waals surface area contributed by atoms with Crippen molar-refractivity contribution in [2.24, 2.45) is 5.92 Å². The SMILES string of the molecule is Cc1ccc(C)c(C2(CO)CC2C)c1. The molecule has 1 N–H and O–H groups in total. The lowest BCUT2D eigenvalue weighted by atomic mass is 9.89. The Labute approximate surface area is 85.8 Å². The molecule has 0 radical (unpaired) electrons. The first-order valence-electron chi connectivity index (χ1n) is 5.29. The van der Waals surface area contributed by atoms with E-state index in [1.165, 1.54) is 16.7 Å². The van der Waals surface area contributed by atoms with Crippen LogP contribution < -0.4 is 0 Å². The van der Waals surface area contributed by atoms with Crippen molar-refractivity contribution in [1.82, 2.24) is 0 Å². The smallest absolute Gasteiger partial charge is 0.0530 e. The molecule has 0 saturated heterocycles. The van der Waals surface area contributed by atoms with Gasteiger partial charge in [0.25, 0.3) is 0 Å². The Morgan fingerprint density at radius 3 is 2.57 bits per heavy atom. The zero-order chi connectivity index (χ0) is 10.3. The van der Waals surface area contributed by atoms with Crippen molar-refractivity contribution >= 4 is 0 Å². The summed E-state index contributed by atoms with van der Waals surface area (Å²) in [4.78, 5) is 0. The molecule has 2 atom stereocenters. The van der Waals surface area contributed by atoms with Gasteiger partial charge in [0.15, 0.2) is 0 Å². The summed E-state index contributed by atoms with van der Waals surface area (Å²) in [7, 11) is 0. The van der Waals surface area contributed by atoms with Crippen LogP contribution in [0.3, 0.4) is 0 Å². The second-order valence-corrected chi connectivity index (χ2v) is 4.74. The van der Waals surface area contributed by atoms with Crippen LogP contribution in [0, 0.1) is 19.8 Å². The third-order valence-corrected chi connectivity index (χ3v) is 3.67. The Morgan fingerprint density at radius 1 is 1.43 bits per heavy atom. The summed E-state index contributed by atoms with van der Waals surface area (Å²) in [6.45, 7) is 6.76. The summed E-state index contributed by atoms with van der Waals surface area (Å²) in [5, 5.41) is 9.50. The Kier molecular flexibility index (Phi) is 2.15. The van der Waals surface area contributed by atoms with Crippen LogP contribution in [0.2, 0.25) is 0 Å². The first-order chi connectivity index (χ1) is 6.60. The van der Waals surface area contributed by atoms with Gasteiger partial charge in [-0.2, -0.15) is 0 Å². The molecule has 2 unspecified atom stereocenters. The van der Waals surface area contributed by atoms with Gasteiger partial charge in [0.05, 0.1) is 6.61 Å². The van der Waals surface area contributed by atoms with Crippen LogP contribution in [0.1, 0.15) is 30.0 Å². The van der Waals surface area contributed by atoms with E-state index in [2.05, 4.69) is 39.0 Å². The monoisotopic (exact) mass is 190 g/mol. The van der Waals surface area contributed by atoms with Gasteiger partial charge in [-0.3, -0.25) is 0 Å². The van der Waals surface area contributed by atoms with Gasteiger partial charge in [-0.25, -0.2) is 0 Å². The van der Waals surface area contributed by atoms with Crippen LogP contribution in [0.5, 0.6) is 0 Å². The predicted molar refractivity (Wildman–Crippen MR) is 58.5 cm³/mol. The summed E-state index contributed by atoms with van der Waals surface area (Å²) in [5.74, 6) is 0.632. The molecular formula is C13H18O. The summed E-state index contributed by atoms with van der Waals surface area (Å²) >= 11 is 0. The Balaban J connectivity index is 2.45. The van der Waals surface area contributed by atoms with Gasteiger partial charge < -0.3 is 5.11 Å². The van der Waals surface area contributed by atoms with Gasteiger partial charge in [-0.15, -0.1) is 0 Å². The lowest BCUT2D eigenvalue weighted by molar-refractivity contribution is 0.246. The van der Waals surface area contributed by atoms with Crippen LogP contribution in [0.15, 0.2) is 18.2 Å². The molecule has 14 heavy (non-hydrogen) atoms. The summed E-state index contributed by atoms with van der Waals surface area (Å²) < 4.78 is 0. The second-order valence-electron chi connectivity index (χ2n) is 4.74. The molecule has 1 heteroatoms. The molecule has 0 aromatic heterocycles. The second kappa shape index (κ2) is 3.09. The minimum atomic E-state index is 0.0795. The number of hydrogen-bond acceptors (Lipinski definition) is 1. The maximum atomic E-state index is 9.50. The molecule has 1 aromatic rings. The summed E-state index contributed by atoms with van der Waals surface area (Å²) in [6, 6.07) is 6.53. The Hall–Kier alpha value is -0.820. The highest BCUT2D eigenvalue weighted by molar-refractivity contribution is 5.41. The van der Waals surface area contributed by atoms with Crippen LogP contribution in [-0.4, -0.2) is 11.7 Å². The number of hydrogen-bond donors (Lipinski definition) is 1. The van der Waals surface area contributed by atoms with E-state index in [-0.39, 0.29) is 5.41 Å². The molecule has 2 rings (SSSR count). The third kappa shape index (κ3) is 1.27. The number of aliphatic hydroxyl groups is 1. The number of aryl methyl sites for hydroxylation is 2. The molecule has 0 spiro atoms. The summed E-state index contributed by atoms with van der Waals surface area (Å²) in [5.41, 5.74) is 4.04. The molecule has 76 valence electrons. The quantitative estimate of drug-likeness (QED) is 0.760. The first kappa shape index (κ1) is 9.72. The third-order valence-electron chi connectivity index (χ3n) is 3.67. The van der Waals surface area contributed by atoms with E-state index in [0.717, 1.165) is 6.42 Å². The predicted octanol–water partition coefficient (Wildman–Crippen LogP) is 2.57.